The molecule has 2 atom stereocenters. The Kier molecular flexibility index (Phi) is 9.52. The number of amides is 3. The lowest BCUT2D eigenvalue weighted by Gasteiger charge is -2.29. The highest BCUT2D eigenvalue weighted by molar-refractivity contribution is 6.30. The molecule has 4 aromatic carbocycles. The summed E-state index contributed by atoms with van der Waals surface area (Å²) in [6.07, 6.45) is 2.89. The molecule has 3 aliphatic heterocycles. The SMILES string of the molecule is Cc1nnc2n1-c1ccc(-c3ccc(CNCCC#Cc4cccc5c4CN(C4CCC(=O)NC4=O)C5=O)cc3)cc1C(Nc1ccc(Cl)cc1)CC2. The lowest BCUT2D eigenvalue weighted by Crippen LogP contribution is -2.52. The van der Waals surface area contributed by atoms with Crippen LogP contribution in [0.2, 0.25) is 5.02 Å². The molecule has 3 amide bonds. The van der Waals surface area contributed by atoms with Gasteiger partial charge in [-0.1, -0.05) is 59.8 Å². The van der Waals surface area contributed by atoms with Gasteiger partial charge in [0.1, 0.15) is 17.7 Å². The number of anilines is 1. The monoisotopic (exact) mass is 723 g/mol. The van der Waals surface area contributed by atoms with Gasteiger partial charge in [0.15, 0.2) is 0 Å². The normalized spacial score (nSPS) is 17.6. The summed E-state index contributed by atoms with van der Waals surface area (Å²) in [5.41, 5.74) is 8.98. The summed E-state index contributed by atoms with van der Waals surface area (Å²) in [5.74, 6) is 7.43. The summed E-state index contributed by atoms with van der Waals surface area (Å²) in [4.78, 5) is 38.7. The first-order valence-corrected chi connectivity index (χ1v) is 18.3. The van der Waals surface area contributed by atoms with Gasteiger partial charge >= 0.3 is 0 Å². The van der Waals surface area contributed by atoms with E-state index >= 15 is 0 Å². The Morgan fingerprint density at radius 1 is 0.925 bits per heavy atom. The molecule has 53 heavy (non-hydrogen) atoms. The minimum absolute atomic E-state index is 0.0802. The topological polar surface area (TPSA) is 121 Å². The average Bonchev–Trinajstić information content (AvgIpc) is 3.65. The van der Waals surface area contributed by atoms with Crippen LogP contribution in [0.15, 0.2) is 84.9 Å². The van der Waals surface area contributed by atoms with Crippen LogP contribution in [0, 0.1) is 18.8 Å². The Morgan fingerprint density at radius 3 is 2.55 bits per heavy atom. The van der Waals surface area contributed by atoms with Crippen LogP contribution >= 0.6 is 11.6 Å². The molecular formula is C42H38ClN7O3. The average molecular weight is 724 g/mol. The van der Waals surface area contributed by atoms with E-state index in [1.807, 2.05) is 43.3 Å². The fraction of sp³-hybridized carbons (Fsp3) is 0.262. The van der Waals surface area contributed by atoms with Crippen LogP contribution in [0.1, 0.15) is 76.0 Å². The minimum atomic E-state index is -0.641. The minimum Gasteiger partial charge on any atom is -0.378 e. The molecule has 8 rings (SSSR count). The number of halogens is 1. The Hall–Kier alpha value is -5.76. The summed E-state index contributed by atoms with van der Waals surface area (Å²) < 4.78 is 2.17. The second-order valence-corrected chi connectivity index (χ2v) is 14.1. The molecule has 1 fully saturated rings. The van der Waals surface area contributed by atoms with Crippen molar-refractivity contribution in [3.8, 4) is 28.7 Å². The molecule has 4 heterocycles. The van der Waals surface area contributed by atoms with Crippen molar-refractivity contribution in [1.29, 1.82) is 0 Å². The van der Waals surface area contributed by atoms with Crippen LogP contribution in [-0.2, 0) is 29.1 Å². The number of imide groups is 1. The zero-order chi connectivity index (χ0) is 36.5. The molecule has 3 aliphatic rings. The molecule has 1 aromatic heterocycles. The second-order valence-electron chi connectivity index (χ2n) is 13.7. The lowest BCUT2D eigenvalue weighted by molar-refractivity contribution is -0.136. The van der Waals surface area contributed by atoms with E-state index in [-0.39, 0.29) is 24.3 Å². The van der Waals surface area contributed by atoms with Crippen LogP contribution in [0.3, 0.4) is 0 Å². The maximum Gasteiger partial charge on any atom is 0.255 e. The fourth-order valence-electron chi connectivity index (χ4n) is 7.48. The number of hydrogen-bond acceptors (Lipinski definition) is 7. The highest BCUT2D eigenvalue weighted by Gasteiger charge is 2.39. The standard InChI is InChI=1S/C42H38ClN7O3/c1-26-47-48-39-20-17-36(45-32-15-13-31(43)14-16-32)34-23-30(12-18-37(34)50(26)39)28-10-8-27(9-11-28)24-44-22-3-2-5-29-6-4-7-33-35(29)25-49(42(33)53)38-19-21-40(51)46-41(38)52/h4,6-16,18,23,36,38,44-45H,3,17,19-22,24-25H2,1H3,(H,46,51,52). The molecular weight excluding hydrogens is 686 g/mol. The van der Waals surface area contributed by atoms with Gasteiger partial charge in [-0.2, -0.15) is 0 Å². The smallest absolute Gasteiger partial charge is 0.255 e. The highest BCUT2D eigenvalue weighted by atomic mass is 35.5. The van der Waals surface area contributed by atoms with Crippen molar-refractivity contribution in [1.82, 2.24) is 30.3 Å². The third kappa shape index (κ3) is 7.06. The summed E-state index contributed by atoms with van der Waals surface area (Å²) in [7, 11) is 0. The van der Waals surface area contributed by atoms with Gasteiger partial charge in [-0.25, -0.2) is 0 Å². The molecule has 5 aromatic rings. The third-order valence-electron chi connectivity index (χ3n) is 10.2. The first-order chi connectivity index (χ1) is 25.8. The molecule has 0 bridgehead atoms. The number of aromatic nitrogens is 3. The quantitative estimate of drug-likeness (QED) is 0.0978. The first-order valence-electron chi connectivity index (χ1n) is 17.9. The van der Waals surface area contributed by atoms with Gasteiger partial charge in [-0.3, -0.25) is 24.3 Å². The summed E-state index contributed by atoms with van der Waals surface area (Å²) in [6, 6.07) is 28.1. The van der Waals surface area contributed by atoms with Gasteiger partial charge in [-0.05, 0) is 96.1 Å². The molecule has 1 saturated heterocycles. The molecule has 266 valence electrons. The maximum atomic E-state index is 13.1. The molecule has 0 spiro atoms. The highest BCUT2D eigenvalue weighted by Crippen LogP contribution is 2.37. The van der Waals surface area contributed by atoms with Crippen molar-refractivity contribution < 1.29 is 14.4 Å². The van der Waals surface area contributed by atoms with Gasteiger partial charge in [0.25, 0.3) is 5.91 Å². The molecule has 0 aliphatic carbocycles. The fourth-order valence-corrected chi connectivity index (χ4v) is 7.61. The van der Waals surface area contributed by atoms with Crippen molar-refractivity contribution >= 4 is 35.0 Å². The van der Waals surface area contributed by atoms with Crippen LogP contribution in [-0.4, -0.2) is 50.0 Å². The van der Waals surface area contributed by atoms with E-state index in [1.165, 1.54) is 11.1 Å². The van der Waals surface area contributed by atoms with E-state index < -0.39 is 11.9 Å². The number of fused-ring (bicyclic) bond motifs is 4. The number of piperidine rings is 1. The molecule has 10 nitrogen and oxygen atoms in total. The first kappa shape index (κ1) is 34.3. The third-order valence-corrected chi connectivity index (χ3v) is 10.5. The van der Waals surface area contributed by atoms with Gasteiger partial charge in [0.05, 0.1) is 11.7 Å². The molecule has 0 radical (unpaired) electrons. The van der Waals surface area contributed by atoms with Gasteiger partial charge in [-0.15, -0.1) is 10.2 Å². The zero-order valence-corrected chi connectivity index (χ0v) is 30.0. The maximum absolute atomic E-state index is 13.1. The Morgan fingerprint density at radius 2 is 1.74 bits per heavy atom. The Bertz CT molecular complexity index is 2290. The molecule has 2 unspecified atom stereocenters. The predicted octanol–water partition coefficient (Wildman–Crippen LogP) is 6.29. The number of aryl methyl sites for hydroxylation is 2. The number of nitrogens with zero attached hydrogens (tertiary/aromatic N) is 4. The van der Waals surface area contributed by atoms with Crippen molar-refractivity contribution in [3.63, 3.8) is 0 Å². The van der Waals surface area contributed by atoms with E-state index in [2.05, 4.69) is 85.0 Å². The van der Waals surface area contributed by atoms with Crippen molar-refractivity contribution in [2.75, 3.05) is 11.9 Å². The zero-order valence-electron chi connectivity index (χ0n) is 29.3. The number of rotatable bonds is 8. The number of nitrogens with one attached hydrogen (secondary N) is 3. The Balaban J connectivity index is 0.900. The second kappa shape index (κ2) is 14.7. The lowest BCUT2D eigenvalue weighted by atomic mass is 9.95. The van der Waals surface area contributed by atoms with Gasteiger partial charge in [0.2, 0.25) is 11.8 Å². The van der Waals surface area contributed by atoms with E-state index in [0.717, 1.165) is 58.1 Å². The number of carbonyl (C=O) groups excluding carboxylic acids is 3. The van der Waals surface area contributed by atoms with Crippen LogP contribution in [0.4, 0.5) is 5.69 Å². The van der Waals surface area contributed by atoms with E-state index in [1.54, 1.807) is 11.0 Å². The van der Waals surface area contributed by atoms with Crippen molar-refractivity contribution in [3.05, 3.63) is 129 Å². The Labute approximate surface area is 313 Å². The van der Waals surface area contributed by atoms with E-state index in [4.69, 9.17) is 11.6 Å². The van der Waals surface area contributed by atoms with Crippen LogP contribution < -0.4 is 16.0 Å². The number of hydrogen-bond donors (Lipinski definition) is 3. The largest absolute Gasteiger partial charge is 0.378 e. The predicted molar refractivity (Wildman–Crippen MR) is 203 cm³/mol. The van der Waals surface area contributed by atoms with Crippen molar-refractivity contribution in [2.24, 2.45) is 0 Å². The molecule has 0 saturated carbocycles. The summed E-state index contributed by atoms with van der Waals surface area (Å²) in [5, 5.41) is 19.1. The molecule has 11 heteroatoms. The summed E-state index contributed by atoms with van der Waals surface area (Å²) in [6.45, 7) is 3.74. The van der Waals surface area contributed by atoms with Gasteiger partial charge < -0.3 is 15.5 Å². The number of benzene rings is 4. The van der Waals surface area contributed by atoms with Gasteiger partial charge in [0, 0.05) is 60.7 Å². The number of carbonyl (C=O) groups is 3. The molecule has 3 N–H and O–H groups in total. The van der Waals surface area contributed by atoms with E-state index in [9.17, 15) is 14.4 Å². The van der Waals surface area contributed by atoms with Crippen molar-refractivity contribution in [2.45, 2.75) is 64.2 Å². The van der Waals surface area contributed by atoms with Crippen LogP contribution in [0.25, 0.3) is 16.8 Å². The van der Waals surface area contributed by atoms with E-state index in [0.29, 0.717) is 43.1 Å². The van der Waals surface area contributed by atoms with Crippen LogP contribution in [0.5, 0.6) is 0 Å². The summed E-state index contributed by atoms with van der Waals surface area (Å²) >= 11 is 6.16.